The minimum Gasteiger partial charge on any atom is -0.467 e. The molecule has 1 rings (SSSR count). The SMILES string of the molecule is COCC(OC(C)=O)C(CO[C@H]1C(OC)C(OC)[C@H](OC(C(O)COC(C)=O)[C@H](O)COC(C)=O)O[C@H]1C(=O)OC)OC(C)=O. The van der Waals surface area contributed by atoms with E-state index in [0.29, 0.717) is 0 Å². The van der Waals surface area contributed by atoms with Gasteiger partial charge >= 0.3 is 29.8 Å². The summed E-state index contributed by atoms with van der Waals surface area (Å²) in [5.74, 6) is -3.83. The minimum atomic E-state index is -1.67. The van der Waals surface area contributed by atoms with E-state index in [1.807, 2.05) is 0 Å². The Morgan fingerprint density at radius 3 is 1.56 bits per heavy atom. The van der Waals surface area contributed by atoms with Crippen molar-refractivity contribution in [1.29, 1.82) is 0 Å². The number of hydrogen-bond acceptors (Lipinski definition) is 18. The van der Waals surface area contributed by atoms with E-state index >= 15 is 0 Å². The summed E-state index contributed by atoms with van der Waals surface area (Å²) < 4.78 is 59.0. The largest absolute Gasteiger partial charge is 0.467 e. The van der Waals surface area contributed by atoms with Crippen LogP contribution in [0.1, 0.15) is 27.7 Å². The van der Waals surface area contributed by atoms with Crippen molar-refractivity contribution in [2.24, 2.45) is 0 Å². The highest BCUT2D eigenvalue weighted by Crippen LogP contribution is 2.31. The number of carbonyl (C=O) groups excluding carboxylic acids is 5. The fourth-order valence-corrected chi connectivity index (χ4v) is 4.34. The van der Waals surface area contributed by atoms with Crippen LogP contribution in [0.15, 0.2) is 0 Å². The minimum absolute atomic E-state index is 0.167. The second kappa shape index (κ2) is 20.2. The molecule has 10 atom stereocenters. The zero-order chi connectivity index (χ0) is 34.3. The van der Waals surface area contributed by atoms with E-state index in [-0.39, 0.29) is 6.61 Å². The first-order valence-electron chi connectivity index (χ1n) is 13.7. The van der Waals surface area contributed by atoms with E-state index in [1.54, 1.807) is 0 Å². The van der Waals surface area contributed by atoms with Crippen LogP contribution in [0.4, 0.5) is 0 Å². The van der Waals surface area contributed by atoms with E-state index < -0.39 is 111 Å². The molecule has 0 aromatic heterocycles. The molecule has 1 fully saturated rings. The summed E-state index contributed by atoms with van der Waals surface area (Å²) in [6, 6.07) is 0. The molecule has 1 saturated heterocycles. The van der Waals surface area contributed by atoms with E-state index in [9.17, 15) is 34.2 Å². The molecule has 0 amide bonds. The van der Waals surface area contributed by atoms with Crippen LogP contribution in [0, 0.1) is 0 Å². The Kier molecular flexibility index (Phi) is 18.0. The van der Waals surface area contributed by atoms with Crippen molar-refractivity contribution in [3.05, 3.63) is 0 Å². The van der Waals surface area contributed by atoms with Gasteiger partial charge in [0.25, 0.3) is 0 Å². The van der Waals surface area contributed by atoms with Gasteiger partial charge in [-0.05, 0) is 0 Å². The van der Waals surface area contributed by atoms with Gasteiger partial charge in [0, 0.05) is 49.0 Å². The zero-order valence-corrected chi connectivity index (χ0v) is 26.5. The molecule has 260 valence electrons. The molecule has 0 radical (unpaired) electrons. The molecule has 2 N–H and O–H groups in total. The first-order valence-corrected chi connectivity index (χ1v) is 13.7. The second-order valence-corrected chi connectivity index (χ2v) is 9.74. The highest BCUT2D eigenvalue weighted by atomic mass is 16.7. The predicted octanol–water partition coefficient (Wildman–Crippen LogP) is -1.96. The van der Waals surface area contributed by atoms with Crippen molar-refractivity contribution in [2.45, 2.75) is 88.9 Å². The van der Waals surface area contributed by atoms with Gasteiger partial charge in [0.2, 0.25) is 0 Å². The van der Waals surface area contributed by atoms with Gasteiger partial charge in [0.05, 0.1) is 20.3 Å². The third-order valence-electron chi connectivity index (χ3n) is 6.27. The Morgan fingerprint density at radius 2 is 1.16 bits per heavy atom. The lowest BCUT2D eigenvalue weighted by molar-refractivity contribution is -0.331. The lowest BCUT2D eigenvalue weighted by Crippen LogP contribution is -2.64. The molecule has 18 heteroatoms. The quantitative estimate of drug-likeness (QED) is 0.114. The van der Waals surface area contributed by atoms with Gasteiger partial charge in [-0.3, -0.25) is 19.2 Å². The normalized spacial score (nSPS) is 24.7. The average Bonchev–Trinajstić information content (AvgIpc) is 2.97. The van der Waals surface area contributed by atoms with Gasteiger partial charge < -0.3 is 62.3 Å². The number of carbonyl (C=O) groups is 5. The van der Waals surface area contributed by atoms with E-state index in [2.05, 4.69) is 0 Å². The summed E-state index contributed by atoms with van der Waals surface area (Å²) in [5.41, 5.74) is 0. The van der Waals surface area contributed by atoms with Crippen LogP contribution in [0.25, 0.3) is 0 Å². The maximum atomic E-state index is 12.9. The molecular weight excluding hydrogens is 612 g/mol. The van der Waals surface area contributed by atoms with Crippen LogP contribution in [-0.2, 0) is 76.1 Å². The molecule has 1 heterocycles. The van der Waals surface area contributed by atoms with Crippen LogP contribution in [0.5, 0.6) is 0 Å². The predicted molar refractivity (Wildman–Crippen MR) is 145 cm³/mol. The Hall–Kier alpha value is -2.97. The van der Waals surface area contributed by atoms with Crippen LogP contribution in [0.2, 0.25) is 0 Å². The summed E-state index contributed by atoms with van der Waals surface area (Å²) >= 11 is 0. The number of rotatable bonds is 19. The third-order valence-corrected chi connectivity index (χ3v) is 6.27. The third kappa shape index (κ3) is 13.1. The van der Waals surface area contributed by atoms with Gasteiger partial charge in [-0.25, -0.2) is 4.79 Å². The van der Waals surface area contributed by atoms with Gasteiger partial charge in [-0.15, -0.1) is 0 Å². The first-order chi connectivity index (χ1) is 21.2. The van der Waals surface area contributed by atoms with E-state index in [4.69, 9.17) is 52.1 Å². The Balaban J connectivity index is 3.41. The van der Waals surface area contributed by atoms with Gasteiger partial charge in [0.15, 0.2) is 24.6 Å². The Bertz CT molecular complexity index is 934. The van der Waals surface area contributed by atoms with Crippen molar-refractivity contribution in [3.63, 3.8) is 0 Å². The number of aliphatic hydroxyl groups is 2. The monoisotopic (exact) mass is 656 g/mol. The van der Waals surface area contributed by atoms with E-state index in [1.165, 1.54) is 21.3 Å². The number of aliphatic hydroxyl groups excluding tert-OH is 2. The number of methoxy groups -OCH3 is 4. The topological polar surface area (TPSA) is 227 Å². The maximum absolute atomic E-state index is 12.9. The molecule has 45 heavy (non-hydrogen) atoms. The number of ether oxygens (including phenoxy) is 11. The first kappa shape index (κ1) is 40.1. The van der Waals surface area contributed by atoms with Crippen molar-refractivity contribution in [3.8, 4) is 0 Å². The molecule has 0 bridgehead atoms. The summed E-state index contributed by atoms with van der Waals surface area (Å²) in [7, 11) is 4.94. The maximum Gasteiger partial charge on any atom is 0.337 e. The molecule has 0 aromatic rings. The molecule has 0 saturated carbocycles. The van der Waals surface area contributed by atoms with Crippen molar-refractivity contribution >= 4 is 29.8 Å². The smallest absolute Gasteiger partial charge is 0.337 e. The highest BCUT2D eigenvalue weighted by molar-refractivity contribution is 5.75. The summed E-state index contributed by atoms with van der Waals surface area (Å²) in [6.07, 6.45) is -14.1. The molecule has 18 nitrogen and oxygen atoms in total. The Morgan fingerprint density at radius 1 is 0.667 bits per heavy atom. The summed E-state index contributed by atoms with van der Waals surface area (Å²) in [5, 5.41) is 21.4. The molecule has 0 aromatic carbocycles. The van der Waals surface area contributed by atoms with Crippen LogP contribution in [0.3, 0.4) is 0 Å². The van der Waals surface area contributed by atoms with Crippen LogP contribution < -0.4 is 0 Å². The lowest BCUT2D eigenvalue weighted by atomic mass is 9.97. The lowest BCUT2D eigenvalue weighted by Gasteiger charge is -2.45. The van der Waals surface area contributed by atoms with Gasteiger partial charge in [-0.1, -0.05) is 0 Å². The Labute approximate surface area is 260 Å². The highest BCUT2D eigenvalue weighted by Gasteiger charge is 2.53. The molecule has 1 aliphatic heterocycles. The van der Waals surface area contributed by atoms with Gasteiger partial charge in [-0.2, -0.15) is 0 Å². The molecule has 0 spiro atoms. The number of hydrogen-bond donors (Lipinski definition) is 2. The zero-order valence-electron chi connectivity index (χ0n) is 26.5. The summed E-state index contributed by atoms with van der Waals surface area (Å²) in [6.45, 7) is 2.63. The van der Waals surface area contributed by atoms with Crippen LogP contribution in [-0.4, -0.2) is 156 Å². The van der Waals surface area contributed by atoms with E-state index in [0.717, 1.165) is 34.8 Å². The van der Waals surface area contributed by atoms with Crippen LogP contribution >= 0.6 is 0 Å². The fourth-order valence-electron chi connectivity index (χ4n) is 4.34. The van der Waals surface area contributed by atoms with Gasteiger partial charge in [0.1, 0.15) is 49.8 Å². The van der Waals surface area contributed by atoms with Crippen molar-refractivity contribution < 1.29 is 86.3 Å². The standard InChI is InChI=1S/C27H44O18/c1-13(28)39-9-17(32)21(18(33)10-40-14(2)29)44-27-25(37-7)22(36-6)23(24(45-27)26(34)38-8)41-12-20(43-16(4)31)19(11-35-5)42-15(3)30/h17-25,27,32-33H,9-12H2,1-8H3/t17-,18?,19?,20?,21?,22?,23+,24-,25?,27-/m1/s1. The van der Waals surface area contributed by atoms with Crippen molar-refractivity contribution in [2.75, 3.05) is 54.9 Å². The number of esters is 5. The fraction of sp³-hybridized carbons (Fsp3) is 0.815. The molecular formula is C27H44O18. The molecule has 0 aliphatic carbocycles. The second-order valence-electron chi connectivity index (χ2n) is 9.74. The molecule has 6 unspecified atom stereocenters. The molecule has 1 aliphatic rings. The average molecular weight is 657 g/mol. The van der Waals surface area contributed by atoms with Crippen molar-refractivity contribution in [1.82, 2.24) is 0 Å². The summed E-state index contributed by atoms with van der Waals surface area (Å²) in [4.78, 5) is 59.1.